The van der Waals surface area contributed by atoms with Gasteiger partial charge in [0.15, 0.2) is 0 Å². The Morgan fingerprint density at radius 3 is 2.22 bits per heavy atom. The first-order chi connectivity index (χ1) is 8.59. The monoisotopic (exact) mass is 249 g/mol. The molecule has 0 aromatic heterocycles. The summed E-state index contributed by atoms with van der Waals surface area (Å²) < 4.78 is 12.0. The minimum Gasteiger partial charge on any atom is -0.343 e. The fourth-order valence-electron chi connectivity index (χ4n) is 2.47. The first-order valence-electron chi connectivity index (χ1n) is 6.63. The van der Waals surface area contributed by atoms with Crippen molar-refractivity contribution in [2.24, 2.45) is 0 Å². The largest absolute Gasteiger partial charge is 0.343 e. The van der Waals surface area contributed by atoms with Crippen molar-refractivity contribution in [2.45, 2.75) is 45.1 Å². The molecule has 3 aliphatic carbocycles. The zero-order valence-electron chi connectivity index (χ0n) is 11.1. The van der Waals surface area contributed by atoms with Gasteiger partial charge >= 0.3 is 0 Å². The van der Waals surface area contributed by atoms with E-state index in [9.17, 15) is 9.18 Å². The second-order valence-corrected chi connectivity index (χ2v) is 5.12. The van der Waals surface area contributed by atoms with Crippen LogP contribution in [0.15, 0.2) is 18.2 Å². The number of hydrogen-bond acceptors (Lipinski definition) is 1. The van der Waals surface area contributed by atoms with E-state index in [1.165, 1.54) is 38.2 Å². The first-order valence-corrected chi connectivity index (χ1v) is 6.63. The van der Waals surface area contributed by atoms with Crippen LogP contribution in [0.1, 0.15) is 39.0 Å². The van der Waals surface area contributed by atoms with Gasteiger partial charge in [-0.05, 0) is 24.1 Å². The van der Waals surface area contributed by atoms with Gasteiger partial charge in [0.05, 0.1) is 0 Å². The zero-order chi connectivity index (χ0) is 13.1. The van der Waals surface area contributed by atoms with Crippen LogP contribution in [0.5, 0.6) is 0 Å². The third-order valence-electron chi connectivity index (χ3n) is 3.90. The predicted octanol–water partition coefficient (Wildman–Crippen LogP) is 3.22. The first kappa shape index (κ1) is 13.1. The van der Waals surface area contributed by atoms with Crippen LogP contribution in [-0.4, -0.2) is 23.9 Å². The maximum absolute atomic E-state index is 12.0. The number of amides is 1. The van der Waals surface area contributed by atoms with Crippen molar-refractivity contribution in [1.82, 2.24) is 4.90 Å². The van der Waals surface area contributed by atoms with Crippen LogP contribution in [0.3, 0.4) is 0 Å². The van der Waals surface area contributed by atoms with Crippen molar-refractivity contribution >= 4 is 5.91 Å². The molecule has 3 aliphatic rings. The summed E-state index contributed by atoms with van der Waals surface area (Å²) >= 11 is 0. The van der Waals surface area contributed by atoms with Gasteiger partial charge in [-0.25, -0.2) is 4.39 Å². The fourth-order valence-corrected chi connectivity index (χ4v) is 2.47. The smallest absolute Gasteiger partial charge is 0.219 e. The van der Waals surface area contributed by atoms with E-state index in [2.05, 4.69) is 0 Å². The quantitative estimate of drug-likeness (QED) is 0.760. The summed E-state index contributed by atoms with van der Waals surface area (Å²) in [7, 11) is 1.92. The third-order valence-corrected chi connectivity index (χ3v) is 3.90. The van der Waals surface area contributed by atoms with Crippen molar-refractivity contribution in [3.8, 4) is 0 Å². The Hall–Kier alpha value is -1.38. The molecule has 3 rings (SSSR count). The van der Waals surface area contributed by atoms with Crippen molar-refractivity contribution < 1.29 is 9.18 Å². The van der Waals surface area contributed by atoms with Crippen LogP contribution in [0.2, 0.25) is 0 Å². The lowest BCUT2D eigenvalue weighted by Gasteiger charge is -2.30. The summed E-state index contributed by atoms with van der Waals surface area (Å²) in [6.45, 7) is 1.65. The molecule has 0 aromatic rings. The van der Waals surface area contributed by atoms with E-state index in [-0.39, 0.29) is 11.7 Å². The van der Waals surface area contributed by atoms with Gasteiger partial charge in [0, 0.05) is 25.2 Å². The Balaban J connectivity index is 0.000000146. The summed E-state index contributed by atoms with van der Waals surface area (Å²) in [6.07, 6.45) is 6.35. The number of carbonyl (C=O) groups excluding carboxylic acids is 1. The molecule has 0 spiro atoms. The maximum Gasteiger partial charge on any atom is 0.219 e. The van der Waals surface area contributed by atoms with Crippen LogP contribution < -0.4 is 0 Å². The molecule has 0 bridgehead atoms. The number of halogens is 1. The summed E-state index contributed by atoms with van der Waals surface area (Å²) in [6, 6.07) is 5.75. The van der Waals surface area contributed by atoms with E-state index in [1.807, 2.05) is 18.0 Å². The number of hydrogen-bond donors (Lipinski definition) is 0. The summed E-state index contributed by atoms with van der Waals surface area (Å²) in [4.78, 5) is 12.9. The standard InChI is InChI=1S/C9H17NO.C6H3F/c1-8(11)10(2)9-6-4-3-5-7-9;7-6-3-4-1-2-5(4)6/h9H,3-7H2,1-2H3;1-3H. The predicted molar refractivity (Wildman–Crippen MR) is 69.4 cm³/mol. The molecule has 0 aliphatic heterocycles. The highest BCUT2D eigenvalue weighted by atomic mass is 19.1. The van der Waals surface area contributed by atoms with E-state index >= 15 is 0 Å². The van der Waals surface area contributed by atoms with Crippen molar-refractivity contribution in [2.75, 3.05) is 7.05 Å². The fraction of sp³-hybridized carbons (Fsp3) is 0.533. The van der Waals surface area contributed by atoms with E-state index in [1.54, 1.807) is 13.0 Å². The average Bonchev–Trinajstić information content (AvgIpc) is 2.36. The van der Waals surface area contributed by atoms with Crippen LogP contribution in [0, 0.1) is 16.3 Å². The zero-order valence-corrected chi connectivity index (χ0v) is 11.1. The normalized spacial score (nSPS) is 16.6. The van der Waals surface area contributed by atoms with Crippen molar-refractivity contribution in [3.63, 3.8) is 0 Å². The highest BCUT2D eigenvalue weighted by Gasteiger charge is 2.18. The number of nitrogens with zero attached hydrogens (tertiary/aromatic N) is 1. The molecule has 0 atom stereocenters. The van der Waals surface area contributed by atoms with Crippen molar-refractivity contribution in [1.29, 1.82) is 0 Å². The van der Waals surface area contributed by atoms with E-state index < -0.39 is 0 Å². The molecule has 0 unspecified atom stereocenters. The average molecular weight is 249 g/mol. The second kappa shape index (κ2) is 5.51. The summed E-state index contributed by atoms with van der Waals surface area (Å²) in [5.74, 6) is 0.148. The molecule has 1 saturated carbocycles. The van der Waals surface area contributed by atoms with Gasteiger partial charge < -0.3 is 4.90 Å². The highest BCUT2D eigenvalue weighted by molar-refractivity contribution is 5.73. The van der Waals surface area contributed by atoms with Crippen LogP contribution in [-0.2, 0) is 4.79 Å². The maximum atomic E-state index is 12.0. The van der Waals surface area contributed by atoms with Gasteiger partial charge in [-0.15, -0.1) is 0 Å². The number of carbonyl (C=O) groups is 1. The minimum atomic E-state index is -0.0579. The lowest BCUT2D eigenvalue weighted by atomic mass is 9.94. The number of benzene rings is 1. The molecular formula is C15H20FNO. The molecule has 0 heterocycles. The van der Waals surface area contributed by atoms with Gasteiger partial charge in [0.1, 0.15) is 5.82 Å². The van der Waals surface area contributed by atoms with E-state index in [0.717, 1.165) is 10.4 Å². The molecule has 0 saturated heterocycles. The summed E-state index contributed by atoms with van der Waals surface area (Å²) in [5, 5.41) is 1.87. The third kappa shape index (κ3) is 2.71. The Labute approximate surface area is 107 Å². The Morgan fingerprint density at radius 1 is 1.28 bits per heavy atom. The molecule has 1 amide bonds. The van der Waals surface area contributed by atoms with Gasteiger partial charge in [-0.2, -0.15) is 0 Å². The molecule has 0 aromatic carbocycles. The molecule has 0 N–H and O–H groups in total. The van der Waals surface area contributed by atoms with Crippen LogP contribution >= 0.6 is 0 Å². The Kier molecular flexibility index (Phi) is 4.00. The van der Waals surface area contributed by atoms with Gasteiger partial charge in [-0.1, -0.05) is 31.4 Å². The summed E-state index contributed by atoms with van der Waals surface area (Å²) in [5.41, 5.74) is 0. The van der Waals surface area contributed by atoms with Gasteiger partial charge in [0.2, 0.25) is 5.91 Å². The van der Waals surface area contributed by atoms with Crippen molar-refractivity contribution in [3.05, 3.63) is 34.5 Å². The molecule has 98 valence electrons. The van der Waals surface area contributed by atoms with Crippen LogP contribution in [0.25, 0.3) is 0 Å². The van der Waals surface area contributed by atoms with E-state index in [0.29, 0.717) is 6.04 Å². The Bertz CT molecular complexity index is 520. The topological polar surface area (TPSA) is 20.3 Å². The SMILES string of the molecule is CC(=O)N(C)C1CCCCC1.Fc1cc2ccc1=2. The molecule has 1 fully saturated rings. The number of rotatable bonds is 1. The van der Waals surface area contributed by atoms with Gasteiger partial charge in [-0.3, -0.25) is 4.79 Å². The Morgan fingerprint density at radius 2 is 1.94 bits per heavy atom. The lowest BCUT2D eigenvalue weighted by Crippen LogP contribution is -2.36. The molecular weight excluding hydrogens is 229 g/mol. The minimum absolute atomic E-state index is 0.0579. The van der Waals surface area contributed by atoms with E-state index in [4.69, 9.17) is 0 Å². The lowest BCUT2D eigenvalue weighted by molar-refractivity contribution is -0.130. The molecule has 2 nitrogen and oxygen atoms in total. The molecule has 3 heteroatoms. The molecule has 0 radical (unpaired) electrons. The highest BCUT2D eigenvalue weighted by Crippen LogP contribution is 2.21. The molecule has 18 heavy (non-hydrogen) atoms. The van der Waals surface area contributed by atoms with Gasteiger partial charge in [0.25, 0.3) is 0 Å². The second-order valence-electron chi connectivity index (χ2n) is 5.12. The van der Waals surface area contributed by atoms with Crippen LogP contribution in [0.4, 0.5) is 4.39 Å².